The minimum Gasteiger partial charge on any atom is -0.371 e. The lowest BCUT2D eigenvalue weighted by atomic mass is 9.86. The molecule has 5 rings (SSSR count). The summed E-state index contributed by atoms with van der Waals surface area (Å²) in [5.74, 6) is 0.746. The van der Waals surface area contributed by atoms with Gasteiger partial charge in [-0.1, -0.05) is 56.6 Å². The summed E-state index contributed by atoms with van der Waals surface area (Å²) < 4.78 is 14.0. The lowest BCUT2D eigenvalue weighted by Crippen LogP contribution is -2.50. The first-order chi connectivity index (χ1) is 14.8. The topological polar surface area (TPSA) is 90.3 Å². The van der Waals surface area contributed by atoms with Crippen molar-refractivity contribution >= 4 is 6.03 Å². The van der Waals surface area contributed by atoms with Gasteiger partial charge in [-0.05, 0) is 25.2 Å². The van der Waals surface area contributed by atoms with E-state index >= 15 is 0 Å². The van der Waals surface area contributed by atoms with E-state index in [1.807, 2.05) is 4.68 Å². The minimum absolute atomic E-state index is 0.0239. The molecule has 166 valence electrons. The highest BCUT2D eigenvalue weighted by molar-refractivity contribution is 5.74. The molecule has 0 spiro atoms. The van der Waals surface area contributed by atoms with Crippen molar-refractivity contribution in [3.8, 4) is 0 Å². The van der Waals surface area contributed by atoms with E-state index in [1.54, 1.807) is 0 Å². The molecule has 2 aliphatic heterocycles. The van der Waals surface area contributed by atoms with Gasteiger partial charge in [0.1, 0.15) is 18.2 Å². The SMILES string of the molecule is O=C(NC1CCCCC1)N[C@H]1CO[C@H]2[C@@H]1OC[C@@H]2n1cc(CC2CCCCC2)nn1. The molecular weight excluding hydrogens is 382 g/mol. The molecule has 2 saturated heterocycles. The molecule has 2 saturated carbocycles. The Morgan fingerprint density at radius 3 is 2.50 bits per heavy atom. The Bertz CT molecular complexity index is 713. The molecular formula is C22H35N5O3. The summed E-state index contributed by atoms with van der Waals surface area (Å²) in [4.78, 5) is 12.4. The molecule has 0 radical (unpaired) electrons. The van der Waals surface area contributed by atoms with Crippen molar-refractivity contribution in [2.45, 2.75) is 101 Å². The molecule has 2 N–H and O–H groups in total. The number of carbonyl (C=O) groups is 1. The maximum Gasteiger partial charge on any atom is 0.315 e. The van der Waals surface area contributed by atoms with Gasteiger partial charge >= 0.3 is 6.03 Å². The van der Waals surface area contributed by atoms with E-state index in [9.17, 15) is 4.79 Å². The van der Waals surface area contributed by atoms with Crippen LogP contribution in [0.4, 0.5) is 4.79 Å². The maximum absolute atomic E-state index is 12.4. The third-order valence-electron chi connectivity index (χ3n) is 7.40. The largest absolute Gasteiger partial charge is 0.371 e. The Hall–Kier alpha value is -1.67. The second-order valence-electron chi connectivity index (χ2n) is 9.62. The van der Waals surface area contributed by atoms with Gasteiger partial charge in [0.15, 0.2) is 0 Å². The zero-order valence-electron chi connectivity index (χ0n) is 17.8. The van der Waals surface area contributed by atoms with Crippen LogP contribution < -0.4 is 10.6 Å². The first-order valence-corrected chi connectivity index (χ1v) is 12.0. The summed E-state index contributed by atoms with van der Waals surface area (Å²) in [6, 6.07) is 0.107. The highest BCUT2D eigenvalue weighted by Gasteiger charge is 2.49. The molecule has 0 bridgehead atoms. The zero-order chi connectivity index (χ0) is 20.3. The van der Waals surface area contributed by atoms with Crippen LogP contribution in [0.15, 0.2) is 6.20 Å². The molecule has 30 heavy (non-hydrogen) atoms. The third kappa shape index (κ3) is 4.49. The second-order valence-corrected chi connectivity index (χ2v) is 9.62. The van der Waals surface area contributed by atoms with E-state index in [0.717, 1.165) is 30.9 Å². The van der Waals surface area contributed by atoms with Crippen LogP contribution in [0, 0.1) is 5.92 Å². The van der Waals surface area contributed by atoms with Crippen LogP contribution in [-0.4, -0.2) is 58.5 Å². The van der Waals surface area contributed by atoms with Crippen LogP contribution in [-0.2, 0) is 15.9 Å². The second kappa shape index (κ2) is 9.22. The van der Waals surface area contributed by atoms with Crippen LogP contribution in [0.25, 0.3) is 0 Å². The first-order valence-electron chi connectivity index (χ1n) is 12.0. The Morgan fingerprint density at radius 2 is 1.70 bits per heavy atom. The van der Waals surface area contributed by atoms with Gasteiger partial charge in [0.25, 0.3) is 0 Å². The number of nitrogens with one attached hydrogen (secondary N) is 2. The monoisotopic (exact) mass is 417 g/mol. The fourth-order valence-corrected chi connectivity index (χ4v) is 5.73. The van der Waals surface area contributed by atoms with Crippen LogP contribution in [0.3, 0.4) is 0 Å². The van der Waals surface area contributed by atoms with E-state index < -0.39 is 0 Å². The Kier molecular flexibility index (Phi) is 6.22. The maximum atomic E-state index is 12.4. The van der Waals surface area contributed by atoms with E-state index in [-0.39, 0.29) is 30.3 Å². The first kappa shape index (κ1) is 20.2. The van der Waals surface area contributed by atoms with Crippen LogP contribution in [0.5, 0.6) is 0 Å². The van der Waals surface area contributed by atoms with Gasteiger partial charge in [-0.25, -0.2) is 9.48 Å². The van der Waals surface area contributed by atoms with Gasteiger partial charge in [-0.15, -0.1) is 5.10 Å². The number of hydrogen-bond acceptors (Lipinski definition) is 5. The molecule has 2 aliphatic carbocycles. The Labute approximate surface area is 178 Å². The van der Waals surface area contributed by atoms with Crippen molar-refractivity contribution < 1.29 is 14.3 Å². The smallest absolute Gasteiger partial charge is 0.315 e. The van der Waals surface area contributed by atoms with E-state index in [4.69, 9.17) is 9.47 Å². The lowest BCUT2D eigenvalue weighted by Gasteiger charge is -2.24. The Morgan fingerprint density at radius 1 is 0.967 bits per heavy atom. The molecule has 8 nitrogen and oxygen atoms in total. The van der Waals surface area contributed by atoms with Crippen molar-refractivity contribution in [2.24, 2.45) is 5.92 Å². The summed E-state index contributed by atoms with van der Waals surface area (Å²) in [6.07, 6.45) is 15.4. The fraction of sp³-hybridized carbons (Fsp3) is 0.864. The average molecular weight is 418 g/mol. The van der Waals surface area contributed by atoms with Crippen molar-refractivity contribution in [2.75, 3.05) is 13.2 Å². The van der Waals surface area contributed by atoms with Crippen molar-refractivity contribution in [1.29, 1.82) is 0 Å². The number of fused-ring (bicyclic) bond motifs is 1. The molecule has 2 amide bonds. The number of aromatic nitrogens is 3. The normalized spacial score (nSPS) is 32.8. The zero-order valence-corrected chi connectivity index (χ0v) is 17.8. The standard InChI is InChI=1S/C22H35N5O3/c28-22(23-16-9-5-2-6-10-16)24-18-13-29-21-19(14-30-20(18)21)27-12-17(25-26-27)11-15-7-3-1-4-8-15/h12,15-16,18-21H,1-11,13-14H2,(H2,23,24,28)/t18-,19-,20+,21+/m0/s1. The number of nitrogens with zero attached hydrogens (tertiary/aromatic N) is 3. The number of amides is 2. The third-order valence-corrected chi connectivity index (χ3v) is 7.40. The lowest BCUT2D eigenvalue weighted by molar-refractivity contribution is 0.0622. The summed E-state index contributed by atoms with van der Waals surface area (Å²) >= 11 is 0. The Balaban J connectivity index is 1.14. The number of hydrogen-bond donors (Lipinski definition) is 2. The van der Waals surface area contributed by atoms with Crippen molar-refractivity contribution in [3.63, 3.8) is 0 Å². The number of ether oxygens (including phenoxy) is 2. The molecule has 8 heteroatoms. The molecule has 4 aliphatic rings. The summed E-state index contributed by atoms with van der Waals surface area (Å²) in [6.45, 7) is 1.03. The van der Waals surface area contributed by atoms with Gasteiger partial charge in [-0.3, -0.25) is 0 Å². The summed E-state index contributed by atoms with van der Waals surface area (Å²) in [5.41, 5.74) is 1.07. The molecule has 0 aromatic carbocycles. The molecule has 1 aromatic rings. The molecule has 3 heterocycles. The number of rotatable bonds is 5. The van der Waals surface area contributed by atoms with Gasteiger partial charge in [0, 0.05) is 12.2 Å². The molecule has 1 aromatic heterocycles. The van der Waals surface area contributed by atoms with E-state index in [1.165, 1.54) is 51.4 Å². The van der Waals surface area contributed by atoms with Gasteiger partial charge in [-0.2, -0.15) is 0 Å². The summed E-state index contributed by atoms with van der Waals surface area (Å²) in [7, 11) is 0. The highest BCUT2D eigenvalue weighted by atomic mass is 16.6. The number of carbonyl (C=O) groups excluding carboxylic acids is 1. The van der Waals surface area contributed by atoms with Gasteiger partial charge in [0.2, 0.25) is 0 Å². The fourth-order valence-electron chi connectivity index (χ4n) is 5.73. The van der Waals surface area contributed by atoms with Crippen molar-refractivity contribution in [3.05, 3.63) is 11.9 Å². The highest BCUT2D eigenvalue weighted by Crippen LogP contribution is 2.34. The molecule has 4 fully saturated rings. The van der Waals surface area contributed by atoms with Crippen LogP contribution in [0.2, 0.25) is 0 Å². The summed E-state index contributed by atoms with van der Waals surface area (Å²) in [5, 5.41) is 15.0. The minimum atomic E-state index is -0.127. The predicted molar refractivity (Wildman–Crippen MR) is 111 cm³/mol. The molecule has 4 atom stereocenters. The van der Waals surface area contributed by atoms with Crippen molar-refractivity contribution in [1.82, 2.24) is 25.6 Å². The predicted octanol–water partition coefficient (Wildman–Crippen LogP) is 2.74. The van der Waals surface area contributed by atoms with Crippen LogP contribution in [0.1, 0.15) is 75.9 Å². The molecule has 0 unspecified atom stereocenters. The van der Waals surface area contributed by atoms with Crippen LogP contribution >= 0.6 is 0 Å². The van der Waals surface area contributed by atoms with E-state index in [0.29, 0.717) is 19.3 Å². The van der Waals surface area contributed by atoms with E-state index in [2.05, 4.69) is 27.1 Å². The quantitative estimate of drug-likeness (QED) is 0.769. The van der Waals surface area contributed by atoms with Gasteiger partial charge < -0.3 is 20.1 Å². The number of urea groups is 1. The van der Waals surface area contributed by atoms with Gasteiger partial charge in [0.05, 0.1) is 24.9 Å². The average Bonchev–Trinajstić information content (AvgIpc) is 3.47.